The number of carbonyl (C=O) groups is 1. The van der Waals surface area contributed by atoms with Crippen LogP contribution < -0.4 is 5.32 Å². The van der Waals surface area contributed by atoms with Gasteiger partial charge in [0.1, 0.15) is 6.54 Å². The number of aryl methyl sites for hydroxylation is 1. The average Bonchev–Trinajstić information content (AvgIpc) is 3.37. The van der Waals surface area contributed by atoms with E-state index in [2.05, 4.69) is 25.7 Å². The van der Waals surface area contributed by atoms with Crippen LogP contribution in [-0.2, 0) is 18.4 Å². The maximum atomic E-state index is 12.1. The van der Waals surface area contributed by atoms with Gasteiger partial charge >= 0.3 is 0 Å². The molecule has 4 aromatic rings. The summed E-state index contributed by atoms with van der Waals surface area (Å²) in [6, 6.07) is 11.7. The van der Waals surface area contributed by atoms with Gasteiger partial charge < -0.3 is 5.32 Å². The first-order valence-electron chi connectivity index (χ1n) is 7.97. The van der Waals surface area contributed by atoms with Crippen molar-refractivity contribution < 1.29 is 4.79 Å². The van der Waals surface area contributed by atoms with Crippen LogP contribution >= 0.6 is 0 Å². The molecule has 0 saturated heterocycles. The molecule has 26 heavy (non-hydrogen) atoms. The molecule has 1 N–H and O–H groups in total. The van der Waals surface area contributed by atoms with E-state index in [0.29, 0.717) is 5.82 Å². The SMILES string of the molecule is Cn1ncc(NC(=O)Cn2ccc(-c3cnn(-c4ccccc4)c3)n2)n1. The Morgan fingerprint density at radius 3 is 2.69 bits per heavy atom. The second-order valence-electron chi connectivity index (χ2n) is 5.68. The molecule has 3 heterocycles. The van der Waals surface area contributed by atoms with Gasteiger partial charge in [0.2, 0.25) is 5.91 Å². The molecule has 9 nitrogen and oxygen atoms in total. The van der Waals surface area contributed by atoms with Crippen LogP contribution in [0.4, 0.5) is 5.82 Å². The van der Waals surface area contributed by atoms with Crippen LogP contribution in [0.25, 0.3) is 16.9 Å². The lowest BCUT2D eigenvalue weighted by molar-refractivity contribution is -0.116. The molecule has 0 fully saturated rings. The molecular formula is C17H16N8O. The Balaban J connectivity index is 1.45. The number of benzene rings is 1. The van der Waals surface area contributed by atoms with E-state index in [0.717, 1.165) is 16.9 Å². The van der Waals surface area contributed by atoms with E-state index in [-0.39, 0.29) is 12.5 Å². The number of carbonyl (C=O) groups excluding carboxylic acids is 1. The Bertz CT molecular complexity index is 1030. The van der Waals surface area contributed by atoms with Crippen LogP contribution in [-0.4, -0.2) is 40.5 Å². The van der Waals surface area contributed by atoms with Gasteiger partial charge in [0.05, 0.1) is 23.8 Å². The van der Waals surface area contributed by atoms with Crippen molar-refractivity contribution in [2.75, 3.05) is 5.32 Å². The van der Waals surface area contributed by atoms with Gasteiger partial charge in [0, 0.05) is 25.0 Å². The molecule has 9 heteroatoms. The zero-order valence-corrected chi connectivity index (χ0v) is 14.0. The summed E-state index contributed by atoms with van der Waals surface area (Å²) in [6.45, 7) is 0.0867. The largest absolute Gasteiger partial charge is 0.306 e. The number of rotatable bonds is 5. The lowest BCUT2D eigenvalue weighted by Gasteiger charge is -2.01. The zero-order chi connectivity index (χ0) is 17.9. The highest BCUT2D eigenvalue weighted by atomic mass is 16.2. The molecule has 130 valence electrons. The molecule has 0 spiro atoms. The van der Waals surface area contributed by atoms with Crippen molar-refractivity contribution in [3.63, 3.8) is 0 Å². The van der Waals surface area contributed by atoms with Crippen LogP contribution in [0.5, 0.6) is 0 Å². The van der Waals surface area contributed by atoms with Crippen molar-refractivity contribution in [1.82, 2.24) is 34.6 Å². The quantitative estimate of drug-likeness (QED) is 0.590. The standard InChI is InChI=1S/C17H16N8O/c1-23-18-10-16(22-23)20-17(26)12-24-8-7-15(21-24)13-9-19-25(11-13)14-5-3-2-4-6-14/h2-11H,12H2,1H3,(H,20,22,26). The number of nitrogens with one attached hydrogen (secondary N) is 1. The van der Waals surface area contributed by atoms with E-state index in [9.17, 15) is 4.79 Å². The van der Waals surface area contributed by atoms with E-state index in [1.165, 1.54) is 11.0 Å². The summed E-state index contributed by atoms with van der Waals surface area (Å²) in [5.74, 6) is 0.189. The lowest BCUT2D eigenvalue weighted by atomic mass is 10.2. The van der Waals surface area contributed by atoms with Crippen molar-refractivity contribution in [2.24, 2.45) is 7.05 Å². The molecule has 0 unspecified atom stereocenters. The summed E-state index contributed by atoms with van der Waals surface area (Å²) in [5.41, 5.74) is 2.60. The third kappa shape index (κ3) is 3.36. The Labute approximate surface area is 148 Å². The van der Waals surface area contributed by atoms with Gasteiger partial charge in [-0.15, -0.1) is 5.10 Å². The molecule has 0 radical (unpaired) electrons. The number of anilines is 1. The summed E-state index contributed by atoms with van der Waals surface area (Å²) in [4.78, 5) is 13.4. The molecule has 3 aromatic heterocycles. The van der Waals surface area contributed by atoms with Gasteiger partial charge in [-0.1, -0.05) is 18.2 Å². The first kappa shape index (κ1) is 15.8. The van der Waals surface area contributed by atoms with Crippen LogP contribution in [0.3, 0.4) is 0 Å². The van der Waals surface area contributed by atoms with Crippen molar-refractivity contribution >= 4 is 11.7 Å². The number of hydrogen-bond acceptors (Lipinski definition) is 5. The molecule has 4 rings (SSSR count). The fraction of sp³-hybridized carbons (Fsp3) is 0.118. The summed E-state index contributed by atoms with van der Waals surface area (Å²) >= 11 is 0. The number of aromatic nitrogens is 7. The monoisotopic (exact) mass is 348 g/mol. The number of nitrogens with zero attached hydrogens (tertiary/aromatic N) is 7. The normalized spacial score (nSPS) is 10.8. The minimum absolute atomic E-state index is 0.0867. The first-order chi connectivity index (χ1) is 12.7. The number of amides is 1. The highest BCUT2D eigenvalue weighted by Crippen LogP contribution is 2.18. The van der Waals surface area contributed by atoms with E-state index in [1.54, 1.807) is 28.8 Å². The average molecular weight is 348 g/mol. The second-order valence-corrected chi connectivity index (χ2v) is 5.68. The Kier molecular flexibility index (Phi) is 4.02. The van der Waals surface area contributed by atoms with Crippen molar-refractivity contribution in [1.29, 1.82) is 0 Å². The Hall–Kier alpha value is -3.75. The molecule has 0 aliphatic heterocycles. The smallest absolute Gasteiger partial charge is 0.247 e. The molecule has 0 saturated carbocycles. The maximum absolute atomic E-state index is 12.1. The van der Waals surface area contributed by atoms with Gasteiger partial charge in [0.25, 0.3) is 0 Å². The minimum atomic E-state index is -0.222. The fourth-order valence-electron chi connectivity index (χ4n) is 2.51. The number of hydrogen-bond donors (Lipinski definition) is 1. The van der Waals surface area contributed by atoms with Crippen LogP contribution in [0.1, 0.15) is 0 Å². The molecule has 0 aliphatic carbocycles. The van der Waals surface area contributed by atoms with Crippen LogP contribution in [0, 0.1) is 0 Å². The molecule has 0 bridgehead atoms. The van der Waals surface area contributed by atoms with E-state index in [1.807, 2.05) is 42.6 Å². The van der Waals surface area contributed by atoms with Gasteiger partial charge in [-0.05, 0) is 18.2 Å². The third-order valence-corrected chi connectivity index (χ3v) is 3.71. The predicted octanol–water partition coefficient (Wildman–Crippen LogP) is 1.50. The van der Waals surface area contributed by atoms with Crippen molar-refractivity contribution in [3.8, 4) is 16.9 Å². The maximum Gasteiger partial charge on any atom is 0.247 e. The van der Waals surface area contributed by atoms with Crippen molar-refractivity contribution in [3.05, 3.63) is 61.2 Å². The number of para-hydroxylation sites is 1. The summed E-state index contributed by atoms with van der Waals surface area (Å²) < 4.78 is 3.36. The van der Waals surface area contributed by atoms with E-state index >= 15 is 0 Å². The van der Waals surface area contributed by atoms with Gasteiger partial charge in [-0.25, -0.2) is 4.68 Å². The fourth-order valence-corrected chi connectivity index (χ4v) is 2.51. The van der Waals surface area contributed by atoms with E-state index in [4.69, 9.17) is 0 Å². The summed E-state index contributed by atoms with van der Waals surface area (Å²) in [5, 5.41) is 19.4. The van der Waals surface area contributed by atoms with Gasteiger partial charge in [-0.3, -0.25) is 9.48 Å². The topological polar surface area (TPSA) is 95.5 Å². The molecule has 1 aromatic carbocycles. The molecule has 0 aliphatic rings. The van der Waals surface area contributed by atoms with Gasteiger partial charge in [0.15, 0.2) is 5.82 Å². The summed E-state index contributed by atoms with van der Waals surface area (Å²) in [7, 11) is 1.69. The van der Waals surface area contributed by atoms with Crippen LogP contribution in [0.2, 0.25) is 0 Å². The third-order valence-electron chi connectivity index (χ3n) is 3.71. The van der Waals surface area contributed by atoms with Crippen molar-refractivity contribution in [2.45, 2.75) is 6.54 Å². The highest BCUT2D eigenvalue weighted by molar-refractivity contribution is 5.89. The van der Waals surface area contributed by atoms with Gasteiger partial charge in [-0.2, -0.15) is 20.1 Å². The zero-order valence-electron chi connectivity index (χ0n) is 14.0. The Morgan fingerprint density at radius 1 is 1.08 bits per heavy atom. The predicted molar refractivity (Wildman–Crippen MR) is 94.4 cm³/mol. The molecule has 1 amide bonds. The van der Waals surface area contributed by atoms with E-state index < -0.39 is 0 Å². The minimum Gasteiger partial charge on any atom is -0.306 e. The highest BCUT2D eigenvalue weighted by Gasteiger charge is 2.10. The summed E-state index contributed by atoms with van der Waals surface area (Å²) in [6.07, 6.45) is 6.90. The second kappa shape index (κ2) is 6.63. The Morgan fingerprint density at radius 2 is 1.92 bits per heavy atom. The molecular weight excluding hydrogens is 332 g/mol. The first-order valence-corrected chi connectivity index (χ1v) is 7.97. The lowest BCUT2D eigenvalue weighted by Crippen LogP contribution is -2.19. The van der Waals surface area contributed by atoms with Crippen LogP contribution in [0.15, 0.2) is 61.2 Å². The molecule has 0 atom stereocenters.